The molecule has 0 saturated heterocycles. The minimum atomic E-state index is -0.367. The van der Waals surface area contributed by atoms with Crippen molar-refractivity contribution in [1.82, 2.24) is 0 Å². The van der Waals surface area contributed by atoms with Crippen LogP contribution in [0.5, 0.6) is 0 Å². The first-order chi connectivity index (χ1) is 9.88. The number of hydrogen-bond donors (Lipinski definition) is 0. The van der Waals surface area contributed by atoms with Crippen molar-refractivity contribution in [1.29, 1.82) is 0 Å². The predicted octanol–water partition coefficient (Wildman–Crippen LogP) is 4.03. The molecule has 0 bridgehead atoms. The molecular weight excluding hydrogens is 286 g/mol. The smallest absolute Gasteiger partial charge is 0.277 e. The number of amides is 1. The first kappa shape index (κ1) is 15.4. The normalized spacial score (nSPS) is 17.0. The first-order valence-electron chi connectivity index (χ1n) is 6.71. The largest absolute Gasteiger partial charge is 0.290 e. The van der Waals surface area contributed by atoms with Crippen molar-refractivity contribution < 1.29 is 9.59 Å². The number of halogens is 1. The van der Waals surface area contributed by atoms with Crippen molar-refractivity contribution in [3.63, 3.8) is 0 Å². The van der Waals surface area contributed by atoms with Gasteiger partial charge in [-0.2, -0.15) is 0 Å². The summed E-state index contributed by atoms with van der Waals surface area (Å²) in [7, 11) is 0. The molecule has 0 N–H and O–H groups in total. The molecule has 3 nitrogen and oxygen atoms in total. The Morgan fingerprint density at radius 1 is 1.24 bits per heavy atom. The number of rotatable bonds is 2. The minimum absolute atomic E-state index is 0.0170. The fourth-order valence-corrected chi connectivity index (χ4v) is 2.24. The molecule has 0 aromatic heterocycles. The van der Waals surface area contributed by atoms with Crippen LogP contribution >= 0.6 is 11.6 Å². The van der Waals surface area contributed by atoms with E-state index in [4.69, 9.17) is 11.6 Å². The number of allylic oxidation sites excluding steroid dienone is 4. The quantitative estimate of drug-likeness (QED) is 0.774. The van der Waals surface area contributed by atoms with Crippen LogP contribution in [0.2, 0.25) is 5.02 Å². The van der Waals surface area contributed by atoms with Crippen LogP contribution in [0.4, 0.5) is 0 Å². The number of nitrogens with zero attached hydrogens (tertiary/aromatic N) is 1. The summed E-state index contributed by atoms with van der Waals surface area (Å²) in [6.45, 7) is 5.65. The van der Waals surface area contributed by atoms with Crippen molar-refractivity contribution in [3.05, 3.63) is 58.1 Å². The van der Waals surface area contributed by atoms with E-state index < -0.39 is 0 Å². The second-order valence-electron chi connectivity index (χ2n) is 5.26. The van der Waals surface area contributed by atoms with Gasteiger partial charge in [-0.05, 0) is 48.8 Å². The van der Waals surface area contributed by atoms with Crippen LogP contribution in [0.3, 0.4) is 0 Å². The lowest BCUT2D eigenvalue weighted by atomic mass is 9.90. The first-order valence-corrected chi connectivity index (χ1v) is 7.09. The van der Waals surface area contributed by atoms with Gasteiger partial charge in [0.2, 0.25) is 0 Å². The van der Waals surface area contributed by atoms with Crippen molar-refractivity contribution in [2.24, 2.45) is 10.9 Å². The number of ketones is 1. The lowest BCUT2D eigenvalue weighted by Crippen LogP contribution is -2.16. The summed E-state index contributed by atoms with van der Waals surface area (Å²) in [6.07, 6.45) is 3.23. The van der Waals surface area contributed by atoms with E-state index in [-0.39, 0.29) is 17.6 Å². The number of aliphatic imine (C=N–C) groups is 1. The number of carbonyl (C=O) groups excluding carboxylic acids is 2. The number of carbonyl (C=O) groups is 2. The van der Waals surface area contributed by atoms with Crippen LogP contribution in [-0.2, 0) is 4.79 Å². The van der Waals surface area contributed by atoms with Gasteiger partial charge >= 0.3 is 0 Å². The van der Waals surface area contributed by atoms with Gasteiger partial charge in [0.1, 0.15) is 0 Å². The highest BCUT2D eigenvalue weighted by atomic mass is 35.5. The fraction of sp³-hybridized carbons (Fsp3) is 0.235. The van der Waals surface area contributed by atoms with Crippen molar-refractivity contribution in [3.8, 4) is 0 Å². The van der Waals surface area contributed by atoms with Gasteiger partial charge in [-0.15, -0.1) is 0 Å². The molecule has 2 rings (SSSR count). The molecule has 1 aromatic rings. The molecule has 0 saturated carbocycles. The summed E-state index contributed by atoms with van der Waals surface area (Å²) in [4.78, 5) is 28.2. The summed E-state index contributed by atoms with van der Waals surface area (Å²) in [5, 5.41) is 0.491. The third-order valence-electron chi connectivity index (χ3n) is 3.24. The van der Waals surface area contributed by atoms with Crippen LogP contribution in [0.25, 0.3) is 0 Å². The fourth-order valence-electron chi connectivity index (χ4n) is 2.05. The molecule has 4 heteroatoms. The van der Waals surface area contributed by atoms with E-state index in [1.807, 2.05) is 13.8 Å². The van der Waals surface area contributed by atoms with E-state index in [1.54, 1.807) is 37.3 Å². The van der Waals surface area contributed by atoms with Crippen LogP contribution in [0.1, 0.15) is 31.1 Å². The van der Waals surface area contributed by atoms with E-state index in [9.17, 15) is 9.59 Å². The van der Waals surface area contributed by atoms with Crippen LogP contribution in [0.15, 0.2) is 52.6 Å². The van der Waals surface area contributed by atoms with E-state index in [0.29, 0.717) is 27.4 Å². The molecule has 0 radical (unpaired) electrons. The molecule has 0 spiro atoms. The minimum Gasteiger partial charge on any atom is -0.290 e. The van der Waals surface area contributed by atoms with E-state index in [0.717, 1.165) is 0 Å². The van der Waals surface area contributed by atoms with Gasteiger partial charge in [0.05, 0.1) is 5.71 Å². The summed E-state index contributed by atoms with van der Waals surface area (Å²) < 4.78 is 0. The Kier molecular flexibility index (Phi) is 4.53. The molecule has 0 aliphatic heterocycles. The zero-order chi connectivity index (χ0) is 15.6. The molecule has 0 heterocycles. The molecule has 0 atom stereocenters. The molecule has 0 fully saturated rings. The maximum atomic E-state index is 12.2. The zero-order valence-electron chi connectivity index (χ0n) is 12.2. The Morgan fingerprint density at radius 3 is 2.57 bits per heavy atom. The highest BCUT2D eigenvalue weighted by molar-refractivity contribution is 6.31. The predicted molar refractivity (Wildman–Crippen MR) is 84.9 cm³/mol. The Hall–Kier alpha value is -2.00. The molecule has 1 aromatic carbocycles. The molecule has 1 amide bonds. The van der Waals surface area contributed by atoms with Gasteiger partial charge in [-0.3, -0.25) is 9.59 Å². The Balaban J connectivity index is 2.37. The van der Waals surface area contributed by atoms with Gasteiger partial charge < -0.3 is 0 Å². The maximum Gasteiger partial charge on any atom is 0.277 e. The number of hydrogen-bond acceptors (Lipinski definition) is 2. The average Bonchev–Trinajstić information content (AvgIpc) is 2.41. The van der Waals surface area contributed by atoms with E-state index in [1.165, 1.54) is 6.08 Å². The van der Waals surface area contributed by atoms with Crippen LogP contribution in [-0.4, -0.2) is 17.4 Å². The van der Waals surface area contributed by atoms with E-state index in [2.05, 4.69) is 4.99 Å². The van der Waals surface area contributed by atoms with Gasteiger partial charge in [0.15, 0.2) is 5.78 Å². The monoisotopic (exact) mass is 301 g/mol. The lowest BCUT2D eigenvalue weighted by Gasteiger charge is -2.15. The van der Waals surface area contributed by atoms with E-state index >= 15 is 0 Å². The third-order valence-corrected chi connectivity index (χ3v) is 3.48. The van der Waals surface area contributed by atoms with Gasteiger partial charge in [-0.25, -0.2) is 4.99 Å². The second kappa shape index (κ2) is 6.19. The lowest BCUT2D eigenvalue weighted by molar-refractivity contribution is -0.111. The topological polar surface area (TPSA) is 46.5 Å². The van der Waals surface area contributed by atoms with Crippen LogP contribution in [0, 0.1) is 5.92 Å². The van der Waals surface area contributed by atoms with Crippen LogP contribution < -0.4 is 0 Å². The number of benzene rings is 1. The van der Waals surface area contributed by atoms with Gasteiger partial charge in [-0.1, -0.05) is 31.5 Å². The third kappa shape index (κ3) is 3.56. The Morgan fingerprint density at radius 2 is 1.95 bits per heavy atom. The maximum absolute atomic E-state index is 12.2. The van der Waals surface area contributed by atoms with Gasteiger partial charge in [0.25, 0.3) is 5.91 Å². The molecular formula is C17H16ClNO2. The SMILES string of the molecule is CC1=CC(=O)C(C(C)C)=CC1=NC(=O)c1cccc(Cl)c1. The summed E-state index contributed by atoms with van der Waals surface area (Å²) in [5.41, 5.74) is 2.32. The molecule has 108 valence electrons. The standard InChI is InChI=1S/C17H16ClNO2/c1-10(2)14-9-15(11(3)7-16(14)20)19-17(21)12-5-4-6-13(18)8-12/h4-10H,1-3H3. The summed E-state index contributed by atoms with van der Waals surface area (Å²) in [5.74, 6) is -0.293. The Bertz CT molecular complexity index is 696. The molecule has 0 unspecified atom stereocenters. The highest BCUT2D eigenvalue weighted by Gasteiger charge is 2.19. The summed E-state index contributed by atoms with van der Waals surface area (Å²) in [6, 6.07) is 6.65. The molecule has 1 aliphatic rings. The van der Waals surface area contributed by atoms with Crippen molar-refractivity contribution in [2.45, 2.75) is 20.8 Å². The molecule has 21 heavy (non-hydrogen) atoms. The molecule has 1 aliphatic carbocycles. The van der Waals surface area contributed by atoms with Crippen molar-refractivity contribution in [2.75, 3.05) is 0 Å². The second-order valence-corrected chi connectivity index (χ2v) is 5.69. The van der Waals surface area contributed by atoms with Gasteiger partial charge in [0, 0.05) is 16.2 Å². The van der Waals surface area contributed by atoms with Crippen molar-refractivity contribution >= 4 is 29.0 Å². The Labute approximate surface area is 129 Å². The average molecular weight is 302 g/mol. The highest BCUT2D eigenvalue weighted by Crippen LogP contribution is 2.20. The zero-order valence-corrected chi connectivity index (χ0v) is 12.9. The summed E-state index contributed by atoms with van der Waals surface area (Å²) >= 11 is 5.88.